The summed E-state index contributed by atoms with van der Waals surface area (Å²) >= 11 is 0. The van der Waals surface area contributed by atoms with Crippen LogP contribution >= 0.6 is 0 Å². The maximum absolute atomic E-state index is 11.9. The summed E-state index contributed by atoms with van der Waals surface area (Å²) in [6.07, 6.45) is 11.7. The third-order valence-electron chi connectivity index (χ3n) is 5.06. The van der Waals surface area contributed by atoms with Gasteiger partial charge in [0.25, 0.3) is 0 Å². The molecule has 0 aliphatic heterocycles. The van der Waals surface area contributed by atoms with Gasteiger partial charge in [0.15, 0.2) is 0 Å². The topological polar surface area (TPSA) is 55.1 Å². The van der Waals surface area contributed by atoms with E-state index in [2.05, 4.69) is 19.2 Å². The van der Waals surface area contributed by atoms with Gasteiger partial charge >= 0.3 is 0 Å². The van der Waals surface area contributed by atoms with Crippen molar-refractivity contribution in [3.8, 4) is 0 Å². The van der Waals surface area contributed by atoms with E-state index >= 15 is 0 Å². The molecular formula is C18H36N2O. The number of carbonyl (C=O) groups is 1. The van der Waals surface area contributed by atoms with E-state index in [-0.39, 0.29) is 5.91 Å². The van der Waals surface area contributed by atoms with Gasteiger partial charge in [0.05, 0.1) is 0 Å². The van der Waals surface area contributed by atoms with Crippen LogP contribution in [-0.2, 0) is 4.79 Å². The lowest BCUT2D eigenvalue weighted by atomic mass is 9.81. The number of hydrogen-bond acceptors (Lipinski definition) is 2. The van der Waals surface area contributed by atoms with Crippen molar-refractivity contribution in [3.63, 3.8) is 0 Å². The van der Waals surface area contributed by atoms with Gasteiger partial charge in [0.2, 0.25) is 5.91 Å². The maximum atomic E-state index is 11.9. The number of carbonyl (C=O) groups excluding carboxylic acids is 1. The Morgan fingerprint density at radius 1 is 1.19 bits per heavy atom. The van der Waals surface area contributed by atoms with Gasteiger partial charge in [0, 0.05) is 13.0 Å². The van der Waals surface area contributed by atoms with E-state index in [1.807, 2.05) is 0 Å². The van der Waals surface area contributed by atoms with Crippen molar-refractivity contribution < 1.29 is 4.79 Å². The third-order valence-corrected chi connectivity index (χ3v) is 5.06. The molecule has 3 nitrogen and oxygen atoms in total. The van der Waals surface area contributed by atoms with Crippen LogP contribution < -0.4 is 11.1 Å². The van der Waals surface area contributed by atoms with Crippen LogP contribution in [0.25, 0.3) is 0 Å². The highest BCUT2D eigenvalue weighted by Crippen LogP contribution is 2.29. The summed E-state index contributed by atoms with van der Waals surface area (Å²) in [4.78, 5) is 11.9. The van der Waals surface area contributed by atoms with E-state index in [1.54, 1.807) is 0 Å². The number of rotatable bonds is 10. The van der Waals surface area contributed by atoms with Gasteiger partial charge in [-0.05, 0) is 43.6 Å². The Hall–Kier alpha value is -0.570. The predicted molar refractivity (Wildman–Crippen MR) is 90.1 cm³/mol. The SMILES string of the molecule is CCCC(CCN)CCC(=O)NCCC1CCC(C)CC1. The van der Waals surface area contributed by atoms with Crippen LogP contribution in [0.4, 0.5) is 0 Å². The zero-order valence-corrected chi connectivity index (χ0v) is 14.2. The van der Waals surface area contributed by atoms with Crippen molar-refractivity contribution in [2.75, 3.05) is 13.1 Å². The van der Waals surface area contributed by atoms with E-state index in [1.165, 1.54) is 44.9 Å². The van der Waals surface area contributed by atoms with Crippen molar-refractivity contribution in [1.82, 2.24) is 5.32 Å². The van der Waals surface area contributed by atoms with Gasteiger partial charge in [-0.1, -0.05) is 52.4 Å². The van der Waals surface area contributed by atoms with Crippen LogP contribution in [0.5, 0.6) is 0 Å². The average Bonchev–Trinajstić information content (AvgIpc) is 2.47. The quantitative estimate of drug-likeness (QED) is 0.643. The maximum Gasteiger partial charge on any atom is 0.220 e. The summed E-state index contributed by atoms with van der Waals surface area (Å²) in [7, 11) is 0. The number of hydrogen-bond donors (Lipinski definition) is 2. The van der Waals surface area contributed by atoms with Gasteiger partial charge in [0.1, 0.15) is 0 Å². The molecule has 1 unspecified atom stereocenters. The first kappa shape index (κ1) is 18.5. The number of amides is 1. The van der Waals surface area contributed by atoms with E-state index in [0.717, 1.165) is 37.8 Å². The van der Waals surface area contributed by atoms with Gasteiger partial charge in [-0.15, -0.1) is 0 Å². The molecule has 3 N–H and O–H groups in total. The lowest BCUT2D eigenvalue weighted by molar-refractivity contribution is -0.121. The Kier molecular flexibility index (Phi) is 9.73. The smallest absolute Gasteiger partial charge is 0.220 e. The highest BCUT2D eigenvalue weighted by molar-refractivity contribution is 5.75. The summed E-state index contributed by atoms with van der Waals surface area (Å²) in [6, 6.07) is 0. The van der Waals surface area contributed by atoms with Crippen LogP contribution in [0.3, 0.4) is 0 Å². The zero-order valence-electron chi connectivity index (χ0n) is 14.2. The highest BCUT2D eigenvalue weighted by Gasteiger charge is 2.18. The van der Waals surface area contributed by atoms with Crippen molar-refractivity contribution in [3.05, 3.63) is 0 Å². The van der Waals surface area contributed by atoms with Gasteiger partial charge in [-0.3, -0.25) is 4.79 Å². The Balaban J connectivity index is 2.07. The largest absolute Gasteiger partial charge is 0.356 e. The second-order valence-corrected chi connectivity index (χ2v) is 7.04. The van der Waals surface area contributed by atoms with Crippen LogP contribution in [-0.4, -0.2) is 19.0 Å². The summed E-state index contributed by atoms with van der Waals surface area (Å²) in [5.41, 5.74) is 5.64. The fraction of sp³-hybridized carbons (Fsp3) is 0.944. The lowest BCUT2D eigenvalue weighted by Gasteiger charge is -2.26. The van der Waals surface area contributed by atoms with Crippen molar-refractivity contribution in [1.29, 1.82) is 0 Å². The van der Waals surface area contributed by atoms with E-state index < -0.39 is 0 Å². The van der Waals surface area contributed by atoms with Gasteiger partial charge in [-0.25, -0.2) is 0 Å². The molecule has 1 aliphatic rings. The molecule has 1 fully saturated rings. The minimum Gasteiger partial charge on any atom is -0.356 e. The molecule has 1 rings (SSSR count). The van der Waals surface area contributed by atoms with Crippen molar-refractivity contribution in [2.45, 2.75) is 78.1 Å². The van der Waals surface area contributed by atoms with Crippen LogP contribution in [0.2, 0.25) is 0 Å². The van der Waals surface area contributed by atoms with Crippen LogP contribution in [0, 0.1) is 17.8 Å². The molecule has 1 saturated carbocycles. The summed E-state index contributed by atoms with van der Waals surface area (Å²) in [5.74, 6) is 2.61. The molecular weight excluding hydrogens is 260 g/mol. The first-order valence-corrected chi connectivity index (χ1v) is 9.12. The monoisotopic (exact) mass is 296 g/mol. The standard InChI is InChI=1S/C18H36N2O/c1-3-4-16(11-13-19)9-10-18(21)20-14-12-17-7-5-15(2)6-8-17/h15-17H,3-14,19H2,1-2H3,(H,20,21). The second kappa shape index (κ2) is 11.1. The molecule has 0 saturated heterocycles. The molecule has 0 aromatic heterocycles. The first-order valence-electron chi connectivity index (χ1n) is 9.12. The normalized spacial score (nSPS) is 23.8. The number of nitrogens with two attached hydrogens (primary N) is 1. The Morgan fingerprint density at radius 3 is 2.52 bits per heavy atom. The van der Waals surface area contributed by atoms with E-state index in [0.29, 0.717) is 12.3 Å². The molecule has 0 spiro atoms. The minimum absolute atomic E-state index is 0.234. The van der Waals surface area contributed by atoms with Crippen molar-refractivity contribution in [2.24, 2.45) is 23.5 Å². The van der Waals surface area contributed by atoms with E-state index in [9.17, 15) is 4.79 Å². The lowest BCUT2D eigenvalue weighted by Crippen LogP contribution is -2.27. The second-order valence-electron chi connectivity index (χ2n) is 7.04. The Bertz CT molecular complexity index is 266. The Labute approximate surface area is 131 Å². The van der Waals surface area contributed by atoms with Gasteiger partial charge < -0.3 is 11.1 Å². The summed E-state index contributed by atoms with van der Waals surface area (Å²) in [6.45, 7) is 6.17. The van der Waals surface area contributed by atoms with Crippen molar-refractivity contribution >= 4 is 5.91 Å². The molecule has 21 heavy (non-hydrogen) atoms. The first-order chi connectivity index (χ1) is 10.2. The van der Waals surface area contributed by atoms with Crippen LogP contribution in [0.1, 0.15) is 78.1 Å². The molecule has 3 heteroatoms. The van der Waals surface area contributed by atoms with Gasteiger partial charge in [-0.2, -0.15) is 0 Å². The molecule has 0 aromatic rings. The highest BCUT2D eigenvalue weighted by atomic mass is 16.1. The molecule has 1 atom stereocenters. The third kappa shape index (κ3) is 8.45. The summed E-state index contributed by atoms with van der Waals surface area (Å²) < 4.78 is 0. The average molecular weight is 296 g/mol. The molecule has 0 bridgehead atoms. The minimum atomic E-state index is 0.234. The fourth-order valence-corrected chi connectivity index (χ4v) is 3.53. The zero-order chi connectivity index (χ0) is 15.5. The number of nitrogens with one attached hydrogen (secondary N) is 1. The summed E-state index contributed by atoms with van der Waals surface area (Å²) in [5, 5.41) is 3.11. The van der Waals surface area contributed by atoms with E-state index in [4.69, 9.17) is 5.73 Å². The Morgan fingerprint density at radius 2 is 1.90 bits per heavy atom. The fourth-order valence-electron chi connectivity index (χ4n) is 3.53. The molecule has 1 amide bonds. The predicted octanol–water partition coefficient (Wildman–Crippen LogP) is 3.86. The molecule has 124 valence electrons. The van der Waals surface area contributed by atoms with Crippen LogP contribution in [0.15, 0.2) is 0 Å². The molecule has 1 aliphatic carbocycles. The molecule has 0 heterocycles. The molecule has 0 radical (unpaired) electrons. The molecule has 0 aromatic carbocycles.